The van der Waals surface area contributed by atoms with Crippen LogP contribution in [-0.4, -0.2) is 5.78 Å². The van der Waals surface area contributed by atoms with Gasteiger partial charge in [-0.2, -0.15) is 0 Å². The first-order chi connectivity index (χ1) is 9.65. The summed E-state index contributed by atoms with van der Waals surface area (Å²) in [4.78, 5) is 12.7. The third-order valence-electron chi connectivity index (χ3n) is 4.49. The number of anilines is 1. The van der Waals surface area contributed by atoms with Gasteiger partial charge in [0.2, 0.25) is 0 Å². The monoisotopic (exact) mass is 267 g/mol. The van der Waals surface area contributed by atoms with Crippen LogP contribution >= 0.6 is 0 Å². The average Bonchev–Trinajstić information content (AvgIpc) is 2.46. The average molecular weight is 267 g/mol. The molecule has 2 heteroatoms. The predicted molar refractivity (Wildman–Crippen MR) is 83.8 cm³/mol. The summed E-state index contributed by atoms with van der Waals surface area (Å²) in [5, 5.41) is 2.19. The fourth-order valence-electron chi connectivity index (χ4n) is 3.36. The number of Topliss-reactive ketones (excluding diaryl/α,β-unsaturated/α-hetero) is 1. The Kier molecular flexibility index (Phi) is 3.47. The molecule has 0 radical (unpaired) electrons. The molecule has 0 amide bonds. The molecule has 104 valence electrons. The van der Waals surface area contributed by atoms with Crippen LogP contribution in [0, 0.1) is 11.8 Å². The zero-order chi connectivity index (χ0) is 14.1. The number of ketones is 1. The number of nitrogen functional groups attached to an aromatic ring is 1. The second kappa shape index (κ2) is 5.28. The van der Waals surface area contributed by atoms with Gasteiger partial charge in [0.15, 0.2) is 5.78 Å². The van der Waals surface area contributed by atoms with Crippen molar-refractivity contribution in [3.63, 3.8) is 0 Å². The SMILES string of the molecule is CC1CCCC(C(=O)c2cc3ccccc3cc2N)C1. The molecule has 0 aliphatic heterocycles. The molecule has 1 aliphatic rings. The first-order valence-corrected chi connectivity index (χ1v) is 7.47. The van der Waals surface area contributed by atoms with Gasteiger partial charge in [0.1, 0.15) is 0 Å². The first kappa shape index (κ1) is 13.2. The van der Waals surface area contributed by atoms with Gasteiger partial charge < -0.3 is 5.73 Å². The van der Waals surface area contributed by atoms with Gasteiger partial charge in [-0.25, -0.2) is 0 Å². The molecule has 0 spiro atoms. The Labute approximate surface area is 120 Å². The maximum atomic E-state index is 12.7. The molecule has 0 bridgehead atoms. The number of benzene rings is 2. The molecule has 1 aliphatic carbocycles. The van der Waals surface area contributed by atoms with Crippen molar-refractivity contribution in [2.75, 3.05) is 5.73 Å². The lowest BCUT2D eigenvalue weighted by atomic mass is 9.78. The van der Waals surface area contributed by atoms with Crippen LogP contribution in [0.3, 0.4) is 0 Å². The Bertz CT molecular complexity index is 647. The summed E-state index contributed by atoms with van der Waals surface area (Å²) in [7, 11) is 0. The summed E-state index contributed by atoms with van der Waals surface area (Å²) < 4.78 is 0. The Balaban J connectivity index is 1.96. The van der Waals surface area contributed by atoms with E-state index in [2.05, 4.69) is 6.92 Å². The number of nitrogens with two attached hydrogens (primary N) is 1. The maximum Gasteiger partial charge on any atom is 0.168 e. The van der Waals surface area contributed by atoms with Crippen molar-refractivity contribution in [2.45, 2.75) is 32.6 Å². The Morgan fingerprint density at radius 2 is 1.85 bits per heavy atom. The predicted octanol–water partition coefficient (Wildman–Crippen LogP) is 4.43. The third kappa shape index (κ3) is 2.43. The second-order valence-electron chi connectivity index (χ2n) is 6.12. The van der Waals surface area contributed by atoms with Crippen molar-refractivity contribution in [3.8, 4) is 0 Å². The fourth-order valence-corrected chi connectivity index (χ4v) is 3.36. The molecule has 2 N–H and O–H groups in total. The fraction of sp³-hybridized carbons (Fsp3) is 0.389. The minimum absolute atomic E-state index is 0.155. The van der Waals surface area contributed by atoms with Gasteiger partial charge in [0, 0.05) is 17.2 Å². The first-order valence-electron chi connectivity index (χ1n) is 7.47. The topological polar surface area (TPSA) is 43.1 Å². The Morgan fingerprint density at radius 3 is 2.55 bits per heavy atom. The van der Waals surface area contributed by atoms with Gasteiger partial charge in [0.25, 0.3) is 0 Å². The summed E-state index contributed by atoms with van der Waals surface area (Å²) in [5.41, 5.74) is 7.44. The lowest BCUT2D eigenvalue weighted by Gasteiger charge is -2.26. The highest BCUT2D eigenvalue weighted by molar-refractivity contribution is 6.06. The van der Waals surface area contributed by atoms with Gasteiger partial charge in [-0.3, -0.25) is 4.79 Å². The van der Waals surface area contributed by atoms with Crippen molar-refractivity contribution >= 4 is 22.2 Å². The Hall–Kier alpha value is -1.83. The summed E-state index contributed by atoms with van der Waals surface area (Å²) in [6, 6.07) is 11.9. The van der Waals surface area contributed by atoms with Crippen LogP contribution in [0.4, 0.5) is 5.69 Å². The van der Waals surface area contributed by atoms with E-state index in [1.807, 2.05) is 36.4 Å². The van der Waals surface area contributed by atoms with E-state index in [0.717, 1.165) is 30.0 Å². The van der Waals surface area contributed by atoms with E-state index in [0.29, 0.717) is 17.2 Å². The van der Waals surface area contributed by atoms with Gasteiger partial charge in [-0.15, -0.1) is 0 Å². The molecular weight excluding hydrogens is 246 g/mol. The lowest BCUT2D eigenvalue weighted by molar-refractivity contribution is 0.0869. The minimum Gasteiger partial charge on any atom is -0.398 e. The summed E-state index contributed by atoms with van der Waals surface area (Å²) in [5.74, 6) is 1.04. The van der Waals surface area contributed by atoms with E-state index in [9.17, 15) is 4.79 Å². The van der Waals surface area contributed by atoms with Crippen molar-refractivity contribution in [1.29, 1.82) is 0 Å². The van der Waals surface area contributed by atoms with E-state index in [4.69, 9.17) is 5.73 Å². The molecule has 1 saturated carbocycles. The third-order valence-corrected chi connectivity index (χ3v) is 4.49. The van der Waals surface area contributed by atoms with E-state index < -0.39 is 0 Å². The van der Waals surface area contributed by atoms with E-state index in [-0.39, 0.29) is 11.7 Å². The van der Waals surface area contributed by atoms with Crippen molar-refractivity contribution in [3.05, 3.63) is 42.0 Å². The van der Waals surface area contributed by atoms with Gasteiger partial charge in [-0.1, -0.05) is 44.0 Å². The van der Waals surface area contributed by atoms with Crippen molar-refractivity contribution < 1.29 is 4.79 Å². The summed E-state index contributed by atoms with van der Waals surface area (Å²) in [6.45, 7) is 2.24. The summed E-state index contributed by atoms with van der Waals surface area (Å²) >= 11 is 0. The number of rotatable bonds is 2. The maximum absolute atomic E-state index is 12.7. The quantitative estimate of drug-likeness (QED) is 0.646. The van der Waals surface area contributed by atoms with Gasteiger partial charge >= 0.3 is 0 Å². The molecule has 0 aromatic heterocycles. The normalized spacial score (nSPS) is 22.9. The van der Waals surface area contributed by atoms with Gasteiger partial charge in [0.05, 0.1) is 0 Å². The molecule has 0 heterocycles. The van der Waals surface area contributed by atoms with Crippen LogP contribution in [0.2, 0.25) is 0 Å². The van der Waals surface area contributed by atoms with Crippen LogP contribution in [-0.2, 0) is 0 Å². The van der Waals surface area contributed by atoms with E-state index >= 15 is 0 Å². The molecule has 2 aromatic carbocycles. The number of hydrogen-bond acceptors (Lipinski definition) is 2. The molecule has 1 fully saturated rings. The smallest absolute Gasteiger partial charge is 0.168 e. The highest BCUT2D eigenvalue weighted by atomic mass is 16.1. The second-order valence-corrected chi connectivity index (χ2v) is 6.12. The molecular formula is C18H21NO. The molecule has 2 nitrogen and oxygen atoms in total. The largest absolute Gasteiger partial charge is 0.398 e. The van der Waals surface area contributed by atoms with Crippen LogP contribution in [0.15, 0.2) is 36.4 Å². The van der Waals surface area contributed by atoms with Crippen LogP contribution < -0.4 is 5.73 Å². The molecule has 2 unspecified atom stereocenters. The lowest BCUT2D eigenvalue weighted by Crippen LogP contribution is -2.22. The molecule has 2 atom stereocenters. The number of carbonyl (C=O) groups excluding carboxylic acids is 1. The number of fused-ring (bicyclic) bond motifs is 1. The Morgan fingerprint density at radius 1 is 1.15 bits per heavy atom. The zero-order valence-electron chi connectivity index (χ0n) is 11.9. The van der Waals surface area contributed by atoms with Crippen LogP contribution in [0.5, 0.6) is 0 Å². The van der Waals surface area contributed by atoms with Crippen molar-refractivity contribution in [1.82, 2.24) is 0 Å². The molecule has 0 saturated heterocycles. The van der Waals surface area contributed by atoms with Gasteiger partial charge in [-0.05, 0) is 41.7 Å². The summed E-state index contributed by atoms with van der Waals surface area (Å²) in [6.07, 6.45) is 4.42. The molecule has 20 heavy (non-hydrogen) atoms. The minimum atomic E-state index is 0.155. The van der Waals surface area contributed by atoms with E-state index in [1.165, 1.54) is 6.42 Å². The standard InChI is InChI=1S/C18H21NO/c1-12-5-4-8-15(9-12)18(20)16-10-13-6-2-3-7-14(13)11-17(16)19/h2-3,6-7,10-12,15H,4-5,8-9,19H2,1H3. The number of hydrogen-bond donors (Lipinski definition) is 1. The van der Waals surface area contributed by atoms with E-state index in [1.54, 1.807) is 0 Å². The van der Waals surface area contributed by atoms with Crippen LogP contribution in [0.1, 0.15) is 43.0 Å². The van der Waals surface area contributed by atoms with Crippen LogP contribution in [0.25, 0.3) is 10.8 Å². The van der Waals surface area contributed by atoms with Crippen molar-refractivity contribution in [2.24, 2.45) is 11.8 Å². The highest BCUT2D eigenvalue weighted by Crippen LogP contribution is 2.33. The molecule has 2 aromatic rings. The number of carbonyl (C=O) groups is 1. The zero-order valence-corrected chi connectivity index (χ0v) is 11.9. The highest BCUT2D eigenvalue weighted by Gasteiger charge is 2.27. The molecule has 3 rings (SSSR count).